The number of halogens is 1. The molecule has 7 heteroatoms. The van der Waals surface area contributed by atoms with Crippen molar-refractivity contribution in [2.45, 2.75) is 52.2 Å². The summed E-state index contributed by atoms with van der Waals surface area (Å²) in [5.74, 6) is -1.28. The van der Waals surface area contributed by atoms with Gasteiger partial charge in [0, 0.05) is 11.6 Å². The molecule has 3 rings (SSSR count). The van der Waals surface area contributed by atoms with Gasteiger partial charge in [-0.2, -0.15) is 0 Å². The summed E-state index contributed by atoms with van der Waals surface area (Å²) in [7, 11) is 1.50. The smallest absolute Gasteiger partial charge is 0.295 e. The van der Waals surface area contributed by atoms with Crippen LogP contribution in [-0.2, 0) is 19.7 Å². The molecule has 0 aromatic heterocycles. The highest BCUT2D eigenvalue weighted by Crippen LogP contribution is 2.42. The SMILES string of the molecule is COc1ccc(C(C)(C)C)cc1/C(O)=C1\C(=O)C(=O)N(CCOC(C)C)C1c1ccc(Cl)cc1. The summed E-state index contributed by atoms with van der Waals surface area (Å²) in [4.78, 5) is 27.8. The van der Waals surface area contributed by atoms with E-state index in [1.807, 2.05) is 26.0 Å². The van der Waals surface area contributed by atoms with Gasteiger partial charge in [0.1, 0.15) is 11.5 Å². The first-order chi connectivity index (χ1) is 16.0. The van der Waals surface area contributed by atoms with Crippen LogP contribution in [0.1, 0.15) is 57.4 Å². The predicted molar refractivity (Wildman–Crippen MR) is 133 cm³/mol. The van der Waals surface area contributed by atoms with Gasteiger partial charge in [0.25, 0.3) is 11.7 Å². The maximum atomic E-state index is 13.2. The molecule has 34 heavy (non-hydrogen) atoms. The largest absolute Gasteiger partial charge is 0.507 e. The molecule has 1 N–H and O–H groups in total. The molecule has 1 saturated heterocycles. The van der Waals surface area contributed by atoms with Crippen LogP contribution in [0, 0.1) is 0 Å². The summed E-state index contributed by atoms with van der Waals surface area (Å²) in [6.07, 6.45) is -0.0183. The molecule has 1 aliphatic heterocycles. The van der Waals surface area contributed by atoms with E-state index in [1.165, 1.54) is 12.0 Å². The van der Waals surface area contributed by atoms with Crippen LogP contribution in [0.5, 0.6) is 5.75 Å². The number of ketones is 1. The maximum absolute atomic E-state index is 13.2. The number of rotatable bonds is 7. The molecule has 0 saturated carbocycles. The lowest BCUT2D eigenvalue weighted by atomic mass is 9.85. The molecule has 0 aliphatic carbocycles. The first kappa shape index (κ1) is 25.8. The summed E-state index contributed by atoms with van der Waals surface area (Å²) in [5, 5.41) is 12.0. The lowest BCUT2D eigenvalue weighted by molar-refractivity contribution is -0.140. The number of ether oxygens (including phenoxy) is 2. The van der Waals surface area contributed by atoms with Crippen LogP contribution < -0.4 is 4.74 Å². The van der Waals surface area contributed by atoms with Crippen molar-refractivity contribution in [3.63, 3.8) is 0 Å². The molecule has 1 amide bonds. The van der Waals surface area contributed by atoms with E-state index < -0.39 is 17.7 Å². The summed E-state index contributed by atoms with van der Waals surface area (Å²) in [5.41, 5.74) is 1.81. The van der Waals surface area contributed by atoms with Gasteiger partial charge in [0.05, 0.1) is 37.0 Å². The third-order valence-corrected chi connectivity index (χ3v) is 6.08. The minimum atomic E-state index is -0.781. The Bertz CT molecular complexity index is 1100. The molecule has 6 nitrogen and oxygen atoms in total. The van der Waals surface area contributed by atoms with Gasteiger partial charge in [-0.15, -0.1) is 0 Å². The molecule has 0 spiro atoms. The number of Topliss-reactive ketones (excluding diaryl/α,β-unsaturated/α-hetero) is 1. The number of methoxy groups -OCH3 is 1. The van der Waals surface area contributed by atoms with Gasteiger partial charge >= 0.3 is 0 Å². The van der Waals surface area contributed by atoms with Crippen LogP contribution in [0.4, 0.5) is 0 Å². The number of amides is 1. The summed E-state index contributed by atoms with van der Waals surface area (Å²) >= 11 is 6.08. The van der Waals surface area contributed by atoms with Crippen molar-refractivity contribution in [1.82, 2.24) is 4.90 Å². The highest BCUT2D eigenvalue weighted by molar-refractivity contribution is 6.46. The van der Waals surface area contributed by atoms with Crippen LogP contribution >= 0.6 is 11.6 Å². The maximum Gasteiger partial charge on any atom is 0.295 e. The highest BCUT2D eigenvalue weighted by Gasteiger charge is 2.46. The number of carbonyl (C=O) groups excluding carboxylic acids is 2. The fraction of sp³-hybridized carbons (Fsp3) is 0.407. The molecular weight excluding hydrogens is 454 g/mol. The molecular formula is C27H32ClNO5. The second-order valence-electron chi connectivity index (χ2n) is 9.63. The number of hydrogen-bond donors (Lipinski definition) is 1. The Labute approximate surface area is 206 Å². The van der Waals surface area contributed by atoms with E-state index in [9.17, 15) is 14.7 Å². The zero-order chi connectivity index (χ0) is 25.2. The first-order valence-electron chi connectivity index (χ1n) is 11.3. The van der Waals surface area contributed by atoms with Crippen molar-refractivity contribution in [1.29, 1.82) is 0 Å². The number of nitrogens with zero attached hydrogens (tertiary/aromatic N) is 1. The van der Waals surface area contributed by atoms with Gasteiger partial charge in [-0.1, -0.05) is 50.6 Å². The Kier molecular flexibility index (Phi) is 7.74. The second kappa shape index (κ2) is 10.2. The lowest BCUT2D eigenvalue weighted by Crippen LogP contribution is -2.33. The molecule has 182 valence electrons. The molecule has 1 atom stereocenters. The van der Waals surface area contributed by atoms with Crippen LogP contribution in [0.2, 0.25) is 5.02 Å². The van der Waals surface area contributed by atoms with Crippen molar-refractivity contribution in [3.8, 4) is 5.75 Å². The Morgan fingerprint density at radius 2 is 1.76 bits per heavy atom. The van der Waals surface area contributed by atoms with Crippen molar-refractivity contribution in [2.75, 3.05) is 20.3 Å². The third kappa shape index (κ3) is 5.29. The first-order valence-corrected chi connectivity index (χ1v) is 11.7. The van der Waals surface area contributed by atoms with Gasteiger partial charge < -0.3 is 19.5 Å². The molecule has 2 aromatic carbocycles. The van der Waals surface area contributed by atoms with E-state index in [-0.39, 0.29) is 36.0 Å². The van der Waals surface area contributed by atoms with Gasteiger partial charge in [-0.25, -0.2) is 0 Å². The molecule has 1 unspecified atom stereocenters. The molecule has 2 aromatic rings. The average molecular weight is 486 g/mol. The summed E-state index contributed by atoms with van der Waals surface area (Å²) in [6.45, 7) is 10.4. The van der Waals surface area contributed by atoms with Crippen molar-refractivity contribution >= 4 is 29.1 Å². The topological polar surface area (TPSA) is 76.1 Å². The Morgan fingerprint density at radius 3 is 2.32 bits per heavy atom. The zero-order valence-corrected chi connectivity index (χ0v) is 21.3. The normalized spacial score (nSPS) is 18.1. The predicted octanol–water partition coefficient (Wildman–Crippen LogP) is 5.49. The quantitative estimate of drug-likeness (QED) is 0.318. The van der Waals surface area contributed by atoms with Gasteiger partial charge in [-0.3, -0.25) is 9.59 Å². The molecule has 0 bridgehead atoms. The Morgan fingerprint density at radius 1 is 1.12 bits per heavy atom. The standard InChI is InChI=1S/C27H32ClNO5/c1-16(2)34-14-13-29-23(17-7-10-19(28)11-8-17)22(25(31)26(29)32)24(30)20-15-18(27(3,4)5)9-12-21(20)33-6/h7-12,15-16,23,30H,13-14H2,1-6H3/b24-22+. The fourth-order valence-electron chi connectivity index (χ4n) is 3.99. The van der Waals surface area contributed by atoms with Gasteiger partial charge in [0.15, 0.2) is 0 Å². The van der Waals surface area contributed by atoms with Gasteiger partial charge in [-0.05, 0) is 54.7 Å². The fourth-order valence-corrected chi connectivity index (χ4v) is 4.12. The number of benzene rings is 2. The van der Waals surface area contributed by atoms with E-state index in [1.54, 1.807) is 30.3 Å². The van der Waals surface area contributed by atoms with Crippen molar-refractivity contribution < 1.29 is 24.2 Å². The number of hydrogen-bond acceptors (Lipinski definition) is 5. The van der Waals surface area contributed by atoms with Crippen molar-refractivity contribution in [3.05, 3.63) is 69.8 Å². The Hall–Kier alpha value is -2.83. The van der Waals surface area contributed by atoms with E-state index in [0.29, 0.717) is 21.9 Å². The number of aliphatic hydroxyl groups is 1. The number of carbonyl (C=O) groups is 2. The molecule has 1 heterocycles. The van der Waals surface area contributed by atoms with E-state index >= 15 is 0 Å². The molecule has 1 fully saturated rings. The Balaban J connectivity index is 2.19. The van der Waals surface area contributed by atoms with Crippen molar-refractivity contribution in [2.24, 2.45) is 0 Å². The molecule has 0 radical (unpaired) electrons. The van der Waals surface area contributed by atoms with E-state index in [0.717, 1.165) is 5.56 Å². The van der Waals surface area contributed by atoms with Gasteiger partial charge in [0.2, 0.25) is 0 Å². The lowest BCUT2D eigenvalue weighted by Gasteiger charge is -2.26. The third-order valence-electron chi connectivity index (χ3n) is 5.83. The van der Waals surface area contributed by atoms with E-state index in [2.05, 4.69) is 20.8 Å². The number of aliphatic hydroxyl groups excluding tert-OH is 1. The highest BCUT2D eigenvalue weighted by atomic mass is 35.5. The van der Waals surface area contributed by atoms with Crippen LogP contribution in [0.3, 0.4) is 0 Å². The monoisotopic (exact) mass is 485 g/mol. The zero-order valence-electron chi connectivity index (χ0n) is 20.5. The molecule has 1 aliphatic rings. The minimum absolute atomic E-state index is 0.0150. The minimum Gasteiger partial charge on any atom is -0.507 e. The summed E-state index contributed by atoms with van der Waals surface area (Å²) in [6, 6.07) is 11.6. The van der Waals surface area contributed by atoms with Crippen LogP contribution in [0.15, 0.2) is 48.0 Å². The number of likely N-dealkylation sites (tertiary alicyclic amines) is 1. The van der Waals surface area contributed by atoms with Crippen LogP contribution in [-0.4, -0.2) is 48.1 Å². The van der Waals surface area contributed by atoms with E-state index in [4.69, 9.17) is 21.1 Å². The average Bonchev–Trinajstić information content (AvgIpc) is 3.03. The van der Waals surface area contributed by atoms with Crippen LogP contribution in [0.25, 0.3) is 5.76 Å². The summed E-state index contributed by atoms with van der Waals surface area (Å²) < 4.78 is 11.1. The second-order valence-corrected chi connectivity index (χ2v) is 10.1.